The van der Waals surface area contributed by atoms with Crippen molar-refractivity contribution in [3.05, 3.63) is 35.7 Å². The van der Waals surface area contributed by atoms with Gasteiger partial charge in [-0.1, -0.05) is 12.1 Å². The fourth-order valence-corrected chi connectivity index (χ4v) is 1.06. The summed E-state index contributed by atoms with van der Waals surface area (Å²) in [4.78, 5) is 14.6. The fraction of sp³-hybridized carbons (Fsp3) is 0.273. The fourth-order valence-electron chi connectivity index (χ4n) is 1.06. The molecule has 0 aliphatic carbocycles. The molecule has 0 aliphatic rings. The smallest absolute Gasteiger partial charge is 0.168 e. The molecule has 0 amide bonds. The normalized spacial score (nSPS) is 10.6. The van der Waals surface area contributed by atoms with E-state index in [4.69, 9.17) is 0 Å². The molecule has 1 heterocycles. The number of nitrogens with one attached hydrogen (secondary N) is 1. The van der Waals surface area contributed by atoms with Crippen molar-refractivity contribution in [2.75, 3.05) is 13.6 Å². The zero-order valence-electron chi connectivity index (χ0n) is 8.23. The summed E-state index contributed by atoms with van der Waals surface area (Å²) in [5, 5.41) is 3.05. The number of rotatable bonds is 5. The number of nitrogens with zero attached hydrogens (tertiary/aromatic N) is 1. The molecule has 0 aromatic carbocycles. The maximum Gasteiger partial charge on any atom is 0.168 e. The molecule has 0 unspecified atom stereocenters. The van der Waals surface area contributed by atoms with E-state index < -0.39 is 0 Å². The number of hydrogen-bond acceptors (Lipinski definition) is 3. The zero-order valence-corrected chi connectivity index (χ0v) is 8.23. The summed E-state index contributed by atoms with van der Waals surface area (Å²) in [7, 11) is 1.92. The first kappa shape index (κ1) is 10.6. The number of pyridine rings is 1. The van der Waals surface area contributed by atoms with Crippen molar-refractivity contribution in [2.24, 2.45) is 0 Å². The monoisotopic (exact) mass is 190 g/mol. The van der Waals surface area contributed by atoms with Gasteiger partial charge >= 0.3 is 0 Å². The Kier molecular flexibility index (Phi) is 4.58. The summed E-state index contributed by atoms with van der Waals surface area (Å²) in [6.07, 6.45) is 5.67. The molecule has 1 aromatic rings. The summed E-state index contributed by atoms with van der Waals surface area (Å²) in [6.45, 7) is 0.948. The van der Waals surface area contributed by atoms with Crippen LogP contribution in [-0.4, -0.2) is 24.9 Å². The van der Waals surface area contributed by atoms with Crippen LogP contribution in [-0.2, 0) is 0 Å². The Hall–Kier alpha value is -1.48. The van der Waals surface area contributed by atoms with Crippen LogP contribution in [0.4, 0.5) is 0 Å². The van der Waals surface area contributed by atoms with Crippen molar-refractivity contribution in [2.45, 2.75) is 6.42 Å². The first-order valence-corrected chi connectivity index (χ1v) is 4.60. The van der Waals surface area contributed by atoms with Gasteiger partial charge in [-0.3, -0.25) is 4.79 Å². The Morgan fingerprint density at radius 1 is 1.43 bits per heavy atom. The Morgan fingerprint density at radius 3 is 2.93 bits per heavy atom. The van der Waals surface area contributed by atoms with E-state index in [1.54, 1.807) is 6.07 Å². The van der Waals surface area contributed by atoms with Crippen molar-refractivity contribution in [1.82, 2.24) is 10.3 Å². The largest absolute Gasteiger partial charge is 0.319 e. The van der Waals surface area contributed by atoms with Crippen LogP contribution >= 0.6 is 0 Å². The van der Waals surface area contributed by atoms with Gasteiger partial charge in [0.25, 0.3) is 0 Å². The van der Waals surface area contributed by atoms with E-state index in [-0.39, 0.29) is 0 Å². The zero-order chi connectivity index (χ0) is 10.2. The maximum atomic E-state index is 10.4. The standard InChI is InChI=1S/C11H14N2O/c1-12-8-3-2-5-10-6-4-7-11(9-14)13-10/h2,4-7,9,12H,3,8H2,1H3. The first-order chi connectivity index (χ1) is 6.86. The highest BCUT2D eigenvalue weighted by Crippen LogP contribution is 2.00. The molecular formula is C11H14N2O. The van der Waals surface area contributed by atoms with Crippen LogP contribution in [0.1, 0.15) is 22.6 Å². The number of carbonyl (C=O) groups is 1. The molecule has 0 aliphatic heterocycles. The van der Waals surface area contributed by atoms with Crippen LogP contribution in [0.25, 0.3) is 6.08 Å². The summed E-state index contributed by atoms with van der Waals surface area (Å²) >= 11 is 0. The van der Waals surface area contributed by atoms with Crippen LogP contribution in [0.15, 0.2) is 24.3 Å². The SMILES string of the molecule is CNCCC=Cc1cccc(C=O)n1. The van der Waals surface area contributed by atoms with Crippen molar-refractivity contribution >= 4 is 12.4 Å². The molecule has 0 atom stereocenters. The van der Waals surface area contributed by atoms with Gasteiger partial charge < -0.3 is 5.32 Å². The first-order valence-electron chi connectivity index (χ1n) is 4.60. The van der Waals surface area contributed by atoms with Crippen molar-refractivity contribution in [3.63, 3.8) is 0 Å². The van der Waals surface area contributed by atoms with Crippen LogP contribution < -0.4 is 5.32 Å². The van der Waals surface area contributed by atoms with Crippen LogP contribution in [0.5, 0.6) is 0 Å². The van der Waals surface area contributed by atoms with Gasteiger partial charge in [0.1, 0.15) is 5.69 Å². The van der Waals surface area contributed by atoms with Gasteiger partial charge in [-0.2, -0.15) is 0 Å². The molecule has 1 aromatic heterocycles. The second kappa shape index (κ2) is 6.05. The van der Waals surface area contributed by atoms with Crippen LogP contribution in [0.2, 0.25) is 0 Å². The van der Waals surface area contributed by atoms with Gasteiger partial charge in [-0.05, 0) is 38.2 Å². The molecule has 14 heavy (non-hydrogen) atoms. The second-order valence-electron chi connectivity index (χ2n) is 2.90. The van der Waals surface area contributed by atoms with E-state index in [1.165, 1.54) is 0 Å². The minimum absolute atomic E-state index is 0.473. The lowest BCUT2D eigenvalue weighted by atomic mass is 10.2. The molecule has 0 bridgehead atoms. The quantitative estimate of drug-likeness (QED) is 0.565. The topological polar surface area (TPSA) is 42.0 Å². The highest BCUT2D eigenvalue weighted by atomic mass is 16.1. The molecule has 0 spiro atoms. The van der Waals surface area contributed by atoms with Gasteiger partial charge in [-0.25, -0.2) is 4.98 Å². The summed E-state index contributed by atoms with van der Waals surface area (Å²) in [6, 6.07) is 5.40. The van der Waals surface area contributed by atoms with E-state index in [0.717, 1.165) is 24.9 Å². The molecule has 3 heteroatoms. The number of aldehydes is 1. The predicted octanol–water partition coefficient (Wildman–Crippen LogP) is 1.52. The maximum absolute atomic E-state index is 10.4. The molecule has 3 nitrogen and oxygen atoms in total. The Labute approximate surface area is 83.9 Å². The van der Waals surface area contributed by atoms with Gasteiger partial charge in [0, 0.05) is 0 Å². The van der Waals surface area contributed by atoms with E-state index in [1.807, 2.05) is 31.3 Å². The van der Waals surface area contributed by atoms with E-state index >= 15 is 0 Å². The molecule has 0 radical (unpaired) electrons. The molecule has 1 rings (SSSR count). The highest BCUT2D eigenvalue weighted by Gasteiger charge is 1.91. The summed E-state index contributed by atoms with van der Waals surface area (Å²) < 4.78 is 0. The minimum Gasteiger partial charge on any atom is -0.319 e. The predicted molar refractivity (Wildman–Crippen MR) is 57.2 cm³/mol. The number of aromatic nitrogens is 1. The van der Waals surface area contributed by atoms with Crippen molar-refractivity contribution in [1.29, 1.82) is 0 Å². The van der Waals surface area contributed by atoms with Crippen LogP contribution in [0.3, 0.4) is 0 Å². The number of carbonyl (C=O) groups excluding carboxylic acids is 1. The Morgan fingerprint density at radius 2 is 2.21 bits per heavy atom. The third-order valence-electron chi connectivity index (χ3n) is 1.76. The number of hydrogen-bond donors (Lipinski definition) is 1. The van der Waals surface area contributed by atoms with E-state index in [0.29, 0.717) is 5.69 Å². The van der Waals surface area contributed by atoms with E-state index in [9.17, 15) is 4.79 Å². The second-order valence-corrected chi connectivity index (χ2v) is 2.90. The Balaban J connectivity index is 2.57. The summed E-state index contributed by atoms with van der Waals surface area (Å²) in [5.41, 5.74) is 1.30. The highest BCUT2D eigenvalue weighted by molar-refractivity contribution is 5.72. The third-order valence-corrected chi connectivity index (χ3v) is 1.76. The average molecular weight is 190 g/mol. The summed E-state index contributed by atoms with van der Waals surface area (Å²) in [5.74, 6) is 0. The van der Waals surface area contributed by atoms with E-state index in [2.05, 4.69) is 10.3 Å². The molecule has 0 saturated carbocycles. The average Bonchev–Trinajstić information content (AvgIpc) is 2.25. The Bertz CT molecular complexity index is 321. The molecule has 74 valence electrons. The third kappa shape index (κ3) is 3.49. The lowest BCUT2D eigenvalue weighted by Gasteiger charge is -1.94. The minimum atomic E-state index is 0.473. The lowest BCUT2D eigenvalue weighted by molar-refractivity contribution is 0.111. The van der Waals surface area contributed by atoms with Crippen LogP contribution in [0, 0.1) is 0 Å². The van der Waals surface area contributed by atoms with Crippen molar-refractivity contribution < 1.29 is 4.79 Å². The van der Waals surface area contributed by atoms with Gasteiger partial charge in [0.2, 0.25) is 0 Å². The molecule has 0 saturated heterocycles. The van der Waals surface area contributed by atoms with Gasteiger partial charge in [0.05, 0.1) is 5.69 Å². The molecular weight excluding hydrogens is 176 g/mol. The van der Waals surface area contributed by atoms with Gasteiger partial charge in [0.15, 0.2) is 6.29 Å². The molecule has 1 N–H and O–H groups in total. The lowest BCUT2D eigenvalue weighted by Crippen LogP contribution is -2.05. The van der Waals surface area contributed by atoms with Crippen molar-refractivity contribution in [3.8, 4) is 0 Å². The van der Waals surface area contributed by atoms with Gasteiger partial charge in [-0.15, -0.1) is 0 Å². The molecule has 0 fully saturated rings.